The third-order valence-corrected chi connectivity index (χ3v) is 1.96. The quantitative estimate of drug-likeness (QED) is 0.562. The van der Waals surface area contributed by atoms with Crippen molar-refractivity contribution < 1.29 is 4.74 Å². The Balaban J connectivity index is 0.00000196. The second-order valence-corrected chi connectivity index (χ2v) is 3.11. The molecule has 4 heteroatoms. The van der Waals surface area contributed by atoms with Gasteiger partial charge in [-0.05, 0) is 17.7 Å². The van der Waals surface area contributed by atoms with Gasteiger partial charge in [-0.15, -0.1) is 0 Å². The number of hydrazine groups is 1. The van der Waals surface area contributed by atoms with Crippen LogP contribution in [-0.2, 0) is 6.54 Å². The summed E-state index contributed by atoms with van der Waals surface area (Å²) in [5.41, 5.74) is 6.54. The molecule has 0 unspecified atom stereocenters. The summed E-state index contributed by atoms with van der Waals surface area (Å²) in [6, 6.07) is 7.83. The maximum atomic E-state index is 5.71. The predicted molar refractivity (Wildman–Crippen MR) is 63.4 cm³/mol. The first-order chi connectivity index (χ1) is 6.76. The smallest absolute Gasteiger partial charge is 0.118 e. The average molecular weight is 211 g/mol. The fraction of sp³-hybridized carbons (Fsp3) is 0.455. The highest BCUT2D eigenvalue weighted by atomic mass is 16.5. The number of rotatable bonds is 5. The van der Waals surface area contributed by atoms with E-state index in [-0.39, 0.29) is 7.43 Å². The van der Waals surface area contributed by atoms with Crippen LogP contribution in [0.4, 0.5) is 0 Å². The summed E-state index contributed by atoms with van der Waals surface area (Å²) < 4.78 is 5.06. The van der Waals surface area contributed by atoms with E-state index in [1.165, 1.54) is 0 Å². The Morgan fingerprint density at radius 3 is 2.33 bits per heavy atom. The summed E-state index contributed by atoms with van der Waals surface area (Å²) in [6.07, 6.45) is 0. The van der Waals surface area contributed by atoms with Gasteiger partial charge in [-0.25, -0.2) is 5.01 Å². The molecular weight excluding hydrogens is 190 g/mol. The van der Waals surface area contributed by atoms with Gasteiger partial charge in [0, 0.05) is 19.6 Å². The zero-order valence-corrected chi connectivity index (χ0v) is 8.44. The zero-order valence-electron chi connectivity index (χ0n) is 8.44. The van der Waals surface area contributed by atoms with Crippen LogP contribution in [0.15, 0.2) is 24.3 Å². The van der Waals surface area contributed by atoms with E-state index in [2.05, 4.69) is 0 Å². The number of hydrogen-bond acceptors (Lipinski definition) is 4. The first kappa shape index (κ1) is 13.9. The second kappa shape index (κ2) is 7.23. The highest BCUT2D eigenvalue weighted by Gasteiger charge is 1.99. The maximum Gasteiger partial charge on any atom is 0.118 e. The highest BCUT2D eigenvalue weighted by Crippen LogP contribution is 2.11. The Morgan fingerprint density at radius 2 is 1.87 bits per heavy atom. The summed E-state index contributed by atoms with van der Waals surface area (Å²) in [4.78, 5) is 0. The molecule has 15 heavy (non-hydrogen) atoms. The highest BCUT2D eigenvalue weighted by molar-refractivity contribution is 5.26. The molecular formula is C11H21N3O. The third kappa shape index (κ3) is 4.78. The van der Waals surface area contributed by atoms with Crippen LogP contribution in [0.3, 0.4) is 0 Å². The molecule has 0 heterocycles. The molecule has 0 bridgehead atoms. The summed E-state index contributed by atoms with van der Waals surface area (Å²) >= 11 is 0. The lowest BCUT2D eigenvalue weighted by Gasteiger charge is -2.14. The van der Waals surface area contributed by atoms with Crippen LogP contribution in [0.2, 0.25) is 0 Å². The molecule has 0 fully saturated rings. The number of nitrogens with zero attached hydrogens (tertiary/aromatic N) is 1. The van der Waals surface area contributed by atoms with E-state index in [1.54, 1.807) is 12.1 Å². The van der Waals surface area contributed by atoms with E-state index in [1.807, 2.05) is 24.3 Å². The molecule has 4 N–H and O–H groups in total. The van der Waals surface area contributed by atoms with Gasteiger partial charge >= 0.3 is 0 Å². The van der Waals surface area contributed by atoms with E-state index >= 15 is 0 Å². The Bertz CT molecular complexity index is 261. The minimum Gasteiger partial charge on any atom is -0.497 e. The molecule has 0 atom stereocenters. The largest absolute Gasteiger partial charge is 0.497 e. The van der Waals surface area contributed by atoms with E-state index in [0.717, 1.165) is 11.3 Å². The lowest BCUT2D eigenvalue weighted by atomic mass is 10.2. The van der Waals surface area contributed by atoms with Gasteiger partial charge < -0.3 is 10.5 Å². The van der Waals surface area contributed by atoms with Crippen molar-refractivity contribution in [1.82, 2.24) is 5.01 Å². The van der Waals surface area contributed by atoms with E-state index < -0.39 is 0 Å². The molecule has 0 aliphatic rings. The summed E-state index contributed by atoms with van der Waals surface area (Å²) in [7, 11) is 1.65. The van der Waals surface area contributed by atoms with Gasteiger partial charge in [-0.2, -0.15) is 0 Å². The summed E-state index contributed by atoms with van der Waals surface area (Å²) in [5.74, 6) is 6.57. The van der Waals surface area contributed by atoms with Crippen LogP contribution in [0.5, 0.6) is 5.75 Å². The van der Waals surface area contributed by atoms with Gasteiger partial charge in [0.05, 0.1) is 7.11 Å². The predicted octanol–water partition coefficient (Wildman–Crippen LogP) is 0.966. The monoisotopic (exact) mass is 211 g/mol. The van der Waals surface area contributed by atoms with Crippen molar-refractivity contribution in [3.63, 3.8) is 0 Å². The van der Waals surface area contributed by atoms with Crippen molar-refractivity contribution in [2.24, 2.45) is 11.6 Å². The summed E-state index contributed by atoms with van der Waals surface area (Å²) in [5, 5.41) is 1.70. The lowest BCUT2D eigenvalue weighted by Crippen LogP contribution is -2.34. The molecule has 1 rings (SSSR count). The van der Waals surface area contributed by atoms with Crippen LogP contribution in [0.25, 0.3) is 0 Å². The molecule has 0 aliphatic carbocycles. The van der Waals surface area contributed by atoms with Crippen LogP contribution < -0.4 is 16.3 Å². The zero-order chi connectivity index (χ0) is 10.4. The third-order valence-electron chi connectivity index (χ3n) is 1.96. The minimum atomic E-state index is 0. The summed E-state index contributed by atoms with van der Waals surface area (Å²) in [6.45, 7) is 1.99. The molecule has 0 radical (unpaired) electrons. The normalized spacial score (nSPS) is 9.87. The standard InChI is InChI=1S/C10H17N3O.CH4/c1-14-10-4-2-9(3-5-10)8-13(12)7-6-11;/h2-5H,6-8,11-12H2,1H3;1H4. The van der Waals surface area contributed by atoms with E-state index in [0.29, 0.717) is 19.6 Å². The molecule has 0 saturated heterocycles. The Kier molecular flexibility index (Phi) is 6.70. The van der Waals surface area contributed by atoms with Crippen LogP contribution >= 0.6 is 0 Å². The van der Waals surface area contributed by atoms with Crippen LogP contribution in [0.1, 0.15) is 13.0 Å². The maximum absolute atomic E-state index is 5.71. The molecule has 4 nitrogen and oxygen atoms in total. The van der Waals surface area contributed by atoms with Crippen LogP contribution in [-0.4, -0.2) is 25.2 Å². The molecule has 0 spiro atoms. The fourth-order valence-corrected chi connectivity index (χ4v) is 1.21. The van der Waals surface area contributed by atoms with Gasteiger partial charge in [-0.1, -0.05) is 19.6 Å². The van der Waals surface area contributed by atoms with Crippen molar-refractivity contribution in [1.29, 1.82) is 0 Å². The molecule has 0 aliphatic heterocycles. The van der Waals surface area contributed by atoms with Crippen LogP contribution in [0, 0.1) is 0 Å². The van der Waals surface area contributed by atoms with E-state index in [4.69, 9.17) is 16.3 Å². The van der Waals surface area contributed by atoms with Gasteiger partial charge in [0.15, 0.2) is 0 Å². The second-order valence-electron chi connectivity index (χ2n) is 3.11. The number of ether oxygens (including phenoxy) is 1. The number of methoxy groups -OCH3 is 1. The first-order valence-corrected chi connectivity index (χ1v) is 4.59. The van der Waals surface area contributed by atoms with Crippen molar-refractivity contribution in [2.45, 2.75) is 14.0 Å². The van der Waals surface area contributed by atoms with E-state index in [9.17, 15) is 0 Å². The van der Waals surface area contributed by atoms with Gasteiger partial charge in [0.1, 0.15) is 5.75 Å². The van der Waals surface area contributed by atoms with Gasteiger partial charge in [0.25, 0.3) is 0 Å². The molecule has 86 valence electrons. The van der Waals surface area contributed by atoms with Gasteiger partial charge in [0.2, 0.25) is 0 Å². The Labute approximate surface area is 91.8 Å². The fourth-order valence-electron chi connectivity index (χ4n) is 1.21. The topological polar surface area (TPSA) is 64.5 Å². The number of nitrogens with two attached hydrogens (primary N) is 2. The number of hydrogen-bond donors (Lipinski definition) is 2. The van der Waals surface area contributed by atoms with Gasteiger partial charge in [-0.3, -0.25) is 5.84 Å². The lowest BCUT2D eigenvalue weighted by molar-refractivity contribution is 0.283. The Hall–Kier alpha value is -1.10. The number of benzene rings is 1. The van der Waals surface area contributed by atoms with Crippen molar-refractivity contribution in [2.75, 3.05) is 20.2 Å². The molecule has 0 aromatic heterocycles. The van der Waals surface area contributed by atoms with Crippen molar-refractivity contribution in [3.05, 3.63) is 29.8 Å². The SMILES string of the molecule is C.COc1ccc(CN(N)CCN)cc1. The van der Waals surface area contributed by atoms with Crippen molar-refractivity contribution in [3.8, 4) is 5.75 Å². The molecule has 0 saturated carbocycles. The average Bonchev–Trinajstić information content (AvgIpc) is 2.19. The first-order valence-electron chi connectivity index (χ1n) is 4.59. The minimum absolute atomic E-state index is 0. The Morgan fingerprint density at radius 1 is 1.27 bits per heavy atom. The van der Waals surface area contributed by atoms with Crippen molar-refractivity contribution >= 4 is 0 Å². The molecule has 0 amide bonds. The molecule has 1 aromatic rings. The molecule has 1 aromatic carbocycles.